The summed E-state index contributed by atoms with van der Waals surface area (Å²) in [5, 5.41) is 0.0751. The molecule has 0 saturated carbocycles. The van der Waals surface area contributed by atoms with Gasteiger partial charge in [0.15, 0.2) is 0 Å². The van der Waals surface area contributed by atoms with E-state index in [1.807, 2.05) is 0 Å². The maximum absolute atomic E-state index is 12.7. The standard InChI is InChI=1S/C12H13BrCl2N2O3S/c13-8-4-9(14)11(10(15)5-8)21(19,20)17-3-1-2-7(6-17)12(16)18/h4-5,7H,1-3,6H2,(H2,16,18). The summed E-state index contributed by atoms with van der Waals surface area (Å²) < 4.78 is 27.2. The average molecular weight is 416 g/mol. The summed E-state index contributed by atoms with van der Waals surface area (Å²) in [7, 11) is -3.87. The Hall–Kier alpha value is -0.340. The molecule has 0 aromatic heterocycles. The number of halogens is 3. The molecule has 1 fully saturated rings. The number of sulfonamides is 1. The summed E-state index contributed by atoms with van der Waals surface area (Å²) in [5.74, 6) is -0.982. The molecule has 2 rings (SSSR count). The first kappa shape index (κ1) is 17.0. The van der Waals surface area contributed by atoms with Gasteiger partial charge in [0.2, 0.25) is 15.9 Å². The highest BCUT2D eigenvalue weighted by Gasteiger charge is 2.35. The summed E-state index contributed by atoms with van der Waals surface area (Å²) in [6.45, 7) is 0.370. The molecule has 1 atom stereocenters. The topological polar surface area (TPSA) is 80.5 Å². The minimum atomic E-state index is -3.87. The fourth-order valence-electron chi connectivity index (χ4n) is 2.30. The molecular weight excluding hydrogens is 403 g/mol. The van der Waals surface area contributed by atoms with Crippen molar-refractivity contribution < 1.29 is 13.2 Å². The van der Waals surface area contributed by atoms with Gasteiger partial charge in [-0.1, -0.05) is 39.1 Å². The molecule has 9 heteroatoms. The van der Waals surface area contributed by atoms with Crippen LogP contribution in [0.1, 0.15) is 12.8 Å². The summed E-state index contributed by atoms with van der Waals surface area (Å²) in [4.78, 5) is 11.1. The van der Waals surface area contributed by atoms with Crippen molar-refractivity contribution in [1.82, 2.24) is 4.31 Å². The van der Waals surface area contributed by atoms with Crippen LogP contribution in [-0.2, 0) is 14.8 Å². The predicted molar refractivity (Wildman–Crippen MR) is 84.8 cm³/mol. The van der Waals surface area contributed by atoms with E-state index in [0.29, 0.717) is 23.9 Å². The van der Waals surface area contributed by atoms with Gasteiger partial charge in [0.1, 0.15) is 4.90 Å². The Kier molecular flexibility index (Phi) is 5.20. The zero-order valence-corrected chi connectivity index (χ0v) is 14.8. The van der Waals surface area contributed by atoms with E-state index < -0.39 is 21.8 Å². The quantitative estimate of drug-likeness (QED) is 0.823. The molecule has 21 heavy (non-hydrogen) atoms. The van der Waals surface area contributed by atoms with Crippen LogP contribution in [0.5, 0.6) is 0 Å². The van der Waals surface area contributed by atoms with Crippen molar-refractivity contribution in [3.8, 4) is 0 Å². The largest absolute Gasteiger partial charge is 0.369 e. The lowest BCUT2D eigenvalue weighted by atomic mass is 9.99. The number of hydrogen-bond donors (Lipinski definition) is 1. The van der Waals surface area contributed by atoms with E-state index in [1.165, 1.54) is 16.4 Å². The van der Waals surface area contributed by atoms with Crippen LogP contribution in [0.4, 0.5) is 0 Å². The molecule has 0 aliphatic carbocycles. The smallest absolute Gasteiger partial charge is 0.246 e. The zero-order valence-electron chi connectivity index (χ0n) is 10.9. The summed E-state index contributed by atoms with van der Waals surface area (Å²) >= 11 is 15.3. The second-order valence-corrected chi connectivity index (χ2v) is 8.41. The third-order valence-corrected chi connectivity index (χ3v) is 6.59. The van der Waals surface area contributed by atoms with Gasteiger partial charge < -0.3 is 5.73 Å². The van der Waals surface area contributed by atoms with Gasteiger partial charge in [-0.3, -0.25) is 4.79 Å². The monoisotopic (exact) mass is 414 g/mol. The third-order valence-electron chi connectivity index (χ3n) is 3.35. The minimum absolute atomic E-state index is 0.0376. The lowest BCUT2D eigenvalue weighted by Gasteiger charge is -2.30. The first-order chi connectivity index (χ1) is 9.73. The molecular formula is C12H13BrCl2N2O3S. The number of piperidine rings is 1. The lowest BCUT2D eigenvalue weighted by molar-refractivity contribution is -0.122. The molecule has 1 saturated heterocycles. The average Bonchev–Trinajstić information content (AvgIpc) is 2.37. The highest BCUT2D eigenvalue weighted by molar-refractivity contribution is 9.10. The molecule has 1 amide bonds. The number of benzene rings is 1. The molecule has 0 spiro atoms. The molecule has 1 aromatic rings. The third kappa shape index (κ3) is 3.53. The fourth-order valence-corrected chi connectivity index (χ4v) is 5.71. The van der Waals surface area contributed by atoms with E-state index in [9.17, 15) is 13.2 Å². The van der Waals surface area contributed by atoms with Crippen molar-refractivity contribution in [1.29, 1.82) is 0 Å². The number of primary amides is 1. The number of carbonyl (C=O) groups excluding carboxylic acids is 1. The van der Waals surface area contributed by atoms with Gasteiger partial charge >= 0.3 is 0 Å². The molecule has 0 radical (unpaired) electrons. The molecule has 116 valence electrons. The predicted octanol–water partition coefficient (Wildman–Crippen LogP) is 2.64. The molecule has 1 aliphatic heterocycles. The van der Waals surface area contributed by atoms with Gasteiger partial charge in [0.05, 0.1) is 16.0 Å². The van der Waals surface area contributed by atoms with Gasteiger partial charge in [-0.2, -0.15) is 4.31 Å². The first-order valence-corrected chi connectivity index (χ1v) is 9.16. The van der Waals surface area contributed by atoms with Crippen LogP contribution < -0.4 is 5.73 Å². The number of amides is 1. The van der Waals surface area contributed by atoms with Crippen molar-refractivity contribution in [2.24, 2.45) is 11.7 Å². The number of nitrogens with zero attached hydrogens (tertiary/aromatic N) is 1. The molecule has 5 nitrogen and oxygen atoms in total. The highest BCUT2D eigenvalue weighted by Crippen LogP contribution is 2.35. The normalized spacial score (nSPS) is 20.4. The highest BCUT2D eigenvalue weighted by atomic mass is 79.9. The van der Waals surface area contributed by atoms with Crippen molar-refractivity contribution in [3.63, 3.8) is 0 Å². The van der Waals surface area contributed by atoms with Crippen molar-refractivity contribution in [3.05, 3.63) is 26.7 Å². The Bertz CT molecular complexity index is 658. The van der Waals surface area contributed by atoms with Gasteiger partial charge in [-0.15, -0.1) is 0 Å². The van der Waals surface area contributed by atoms with E-state index in [1.54, 1.807) is 0 Å². The first-order valence-electron chi connectivity index (χ1n) is 6.17. The van der Waals surface area contributed by atoms with Gasteiger partial charge in [0, 0.05) is 17.6 Å². The van der Waals surface area contributed by atoms with Gasteiger partial charge in [-0.05, 0) is 25.0 Å². The van der Waals surface area contributed by atoms with Crippen LogP contribution in [0.3, 0.4) is 0 Å². The molecule has 1 unspecified atom stereocenters. The fraction of sp³-hybridized carbons (Fsp3) is 0.417. The summed E-state index contributed by atoms with van der Waals surface area (Å²) in [6, 6.07) is 2.94. The van der Waals surface area contributed by atoms with Crippen LogP contribution in [0.25, 0.3) is 0 Å². The van der Waals surface area contributed by atoms with Crippen LogP contribution in [0.2, 0.25) is 10.0 Å². The van der Waals surface area contributed by atoms with E-state index in [-0.39, 0.29) is 21.5 Å². The Labute approximate surface area is 141 Å². The second-order valence-electron chi connectivity index (χ2n) is 4.80. The van der Waals surface area contributed by atoms with Crippen molar-refractivity contribution in [2.45, 2.75) is 17.7 Å². The SMILES string of the molecule is NC(=O)C1CCCN(S(=O)(=O)c2c(Cl)cc(Br)cc2Cl)C1. The number of rotatable bonds is 3. The molecule has 1 aromatic carbocycles. The van der Waals surface area contributed by atoms with Crippen LogP contribution >= 0.6 is 39.1 Å². The Morgan fingerprint density at radius 1 is 1.33 bits per heavy atom. The second kappa shape index (κ2) is 6.42. The molecule has 2 N–H and O–H groups in total. The lowest BCUT2D eigenvalue weighted by Crippen LogP contribution is -2.44. The summed E-state index contributed by atoms with van der Waals surface area (Å²) in [5.41, 5.74) is 5.27. The summed E-state index contributed by atoms with van der Waals surface area (Å²) in [6.07, 6.45) is 1.15. The van der Waals surface area contributed by atoms with E-state index in [2.05, 4.69) is 15.9 Å². The number of hydrogen-bond acceptors (Lipinski definition) is 3. The van der Waals surface area contributed by atoms with E-state index in [4.69, 9.17) is 28.9 Å². The number of carbonyl (C=O) groups is 1. The van der Waals surface area contributed by atoms with Gasteiger partial charge in [-0.25, -0.2) is 8.42 Å². The number of nitrogens with two attached hydrogens (primary N) is 1. The maximum Gasteiger partial charge on any atom is 0.246 e. The van der Waals surface area contributed by atoms with E-state index >= 15 is 0 Å². The molecule has 1 aliphatic rings. The molecule has 0 bridgehead atoms. The van der Waals surface area contributed by atoms with E-state index in [0.717, 1.165) is 0 Å². The zero-order chi connectivity index (χ0) is 15.8. The van der Waals surface area contributed by atoms with Crippen LogP contribution in [-0.4, -0.2) is 31.7 Å². The maximum atomic E-state index is 12.7. The van der Waals surface area contributed by atoms with Crippen LogP contribution in [0.15, 0.2) is 21.5 Å². The van der Waals surface area contributed by atoms with Crippen LogP contribution in [0, 0.1) is 5.92 Å². The Morgan fingerprint density at radius 3 is 2.43 bits per heavy atom. The van der Waals surface area contributed by atoms with Crippen molar-refractivity contribution in [2.75, 3.05) is 13.1 Å². The minimum Gasteiger partial charge on any atom is -0.369 e. The Morgan fingerprint density at radius 2 is 1.90 bits per heavy atom. The molecule has 1 heterocycles. The van der Waals surface area contributed by atoms with Gasteiger partial charge in [0.25, 0.3) is 0 Å². The van der Waals surface area contributed by atoms with Crippen molar-refractivity contribution >= 4 is 55.1 Å². The Balaban J connectivity index is 2.41.